The van der Waals surface area contributed by atoms with Crippen LogP contribution in [0.15, 0.2) is 17.9 Å². The van der Waals surface area contributed by atoms with Crippen LogP contribution in [-0.4, -0.2) is 127 Å². The molecule has 4 aliphatic rings. The maximum atomic E-state index is 14.0. The molecule has 2 atom stereocenters. The molecule has 5 rings (SSSR count). The molecule has 4 aliphatic heterocycles. The van der Waals surface area contributed by atoms with Crippen molar-refractivity contribution >= 4 is 27.8 Å². The number of amides is 1. The molecule has 0 N–H and O–H groups in total. The summed E-state index contributed by atoms with van der Waals surface area (Å²) in [6.07, 6.45) is -3.78. The number of alkyl halides is 6. The predicted octanol–water partition coefficient (Wildman–Crippen LogP) is 3.66. The van der Waals surface area contributed by atoms with E-state index in [2.05, 4.69) is 19.1 Å². The molecule has 0 aromatic carbocycles. The number of halogens is 6. The van der Waals surface area contributed by atoms with E-state index in [1.807, 2.05) is 6.92 Å². The second-order valence-electron chi connectivity index (χ2n) is 13.3. The fourth-order valence-electron chi connectivity index (χ4n) is 6.52. The monoisotopic (exact) mass is 699 g/mol. The van der Waals surface area contributed by atoms with Gasteiger partial charge in [0.15, 0.2) is 0 Å². The van der Waals surface area contributed by atoms with Crippen molar-refractivity contribution < 1.29 is 48.5 Å². The Morgan fingerprint density at radius 1 is 0.957 bits per heavy atom. The van der Waals surface area contributed by atoms with Crippen molar-refractivity contribution in [1.82, 2.24) is 24.7 Å². The van der Waals surface area contributed by atoms with Crippen LogP contribution >= 0.6 is 0 Å². The number of hydrogen-bond acceptors (Lipinski definition) is 11. The highest BCUT2D eigenvalue weighted by Gasteiger charge is 2.54. The molecule has 12 nitrogen and oxygen atoms in total. The normalized spacial score (nSPS) is 24.7. The summed E-state index contributed by atoms with van der Waals surface area (Å²) >= 11 is 0. The van der Waals surface area contributed by atoms with Crippen molar-refractivity contribution in [3.63, 3.8) is 0 Å². The number of ether oxygens (including phenoxy) is 1. The molecular formula is C28H39F6N7O5S. The molecule has 1 aromatic heterocycles. The Morgan fingerprint density at radius 3 is 2.09 bits per heavy atom. The van der Waals surface area contributed by atoms with Gasteiger partial charge >= 0.3 is 27.9 Å². The van der Waals surface area contributed by atoms with E-state index in [0.29, 0.717) is 32.7 Å². The number of carbonyl (C=O) groups is 1. The van der Waals surface area contributed by atoms with Crippen LogP contribution in [0.5, 0.6) is 0 Å². The smallest absolute Gasteiger partial charge is 0.444 e. The van der Waals surface area contributed by atoms with E-state index < -0.39 is 38.8 Å². The minimum absolute atomic E-state index is 0.00816. The lowest BCUT2D eigenvalue weighted by molar-refractivity contribution is -0.144. The summed E-state index contributed by atoms with van der Waals surface area (Å²) in [5.41, 5.74) is -7.40. The van der Waals surface area contributed by atoms with Gasteiger partial charge in [-0.05, 0) is 53.7 Å². The predicted molar refractivity (Wildman–Crippen MR) is 158 cm³/mol. The van der Waals surface area contributed by atoms with Crippen molar-refractivity contribution in [2.45, 2.75) is 75.4 Å². The lowest BCUT2D eigenvalue weighted by atomic mass is 9.86. The number of anilines is 2. The average molecular weight is 700 g/mol. The molecule has 1 amide bonds. The molecule has 47 heavy (non-hydrogen) atoms. The maximum absolute atomic E-state index is 14.0. The zero-order chi connectivity index (χ0) is 34.7. The molecule has 0 bridgehead atoms. The lowest BCUT2D eigenvalue weighted by Gasteiger charge is -2.53. The quantitative estimate of drug-likeness (QED) is 0.255. The molecule has 264 valence electrons. The number of piperazine rings is 1. The first-order valence-electron chi connectivity index (χ1n) is 15.2. The highest BCUT2D eigenvalue weighted by molar-refractivity contribution is 7.87. The minimum Gasteiger partial charge on any atom is -0.444 e. The second-order valence-corrected chi connectivity index (χ2v) is 14.9. The third kappa shape index (κ3) is 7.06. The Balaban J connectivity index is 1.27. The van der Waals surface area contributed by atoms with Crippen LogP contribution in [0, 0.1) is 0 Å². The standard InChI is InChI=1S/C28H39F6N7O5S/c1-18-19(38-12-14-40(15-13-38)24(42)45-25(2,3)4)17-41(18)22-16-21(35-23(36-22)27(29,30)31)39-10-7-26(8-11-39)20(6-9-37(26)5)46-47(43,44)28(32,33)34/h6,16,18-19H,7-15,17H2,1-5H3/t18-,19-/m1/s1. The summed E-state index contributed by atoms with van der Waals surface area (Å²) in [6.45, 7) is 10.1. The fourth-order valence-corrected chi connectivity index (χ4v) is 7.07. The van der Waals surface area contributed by atoms with Crippen LogP contribution in [0.2, 0.25) is 0 Å². The molecule has 0 unspecified atom stereocenters. The van der Waals surface area contributed by atoms with Gasteiger partial charge in [-0.1, -0.05) is 0 Å². The molecule has 1 spiro atoms. The number of aromatic nitrogens is 2. The zero-order valence-electron chi connectivity index (χ0n) is 26.7. The fraction of sp³-hybridized carbons (Fsp3) is 0.750. The summed E-state index contributed by atoms with van der Waals surface area (Å²) in [5, 5.41) is 0. The van der Waals surface area contributed by atoms with E-state index in [1.54, 1.807) is 47.4 Å². The van der Waals surface area contributed by atoms with Gasteiger partial charge in [-0.3, -0.25) is 9.80 Å². The summed E-state index contributed by atoms with van der Waals surface area (Å²) in [4.78, 5) is 28.9. The Kier molecular flexibility index (Phi) is 9.09. The minimum atomic E-state index is -5.90. The van der Waals surface area contributed by atoms with Gasteiger partial charge in [-0.2, -0.15) is 34.8 Å². The van der Waals surface area contributed by atoms with Gasteiger partial charge < -0.3 is 23.6 Å². The van der Waals surface area contributed by atoms with Gasteiger partial charge in [0.2, 0.25) is 5.82 Å². The zero-order valence-corrected chi connectivity index (χ0v) is 27.5. The SMILES string of the molecule is C[C@@H]1[C@H](N2CCN(C(=O)OC(C)(C)C)CC2)CN1c1cc(N2CCC3(CC2)C(OS(=O)(=O)C(F)(F)F)=CCN3C)nc(C(F)(F)F)n1. The van der Waals surface area contributed by atoms with Crippen LogP contribution in [0.1, 0.15) is 46.4 Å². The summed E-state index contributed by atoms with van der Waals surface area (Å²) < 4.78 is 115. The van der Waals surface area contributed by atoms with Crippen LogP contribution < -0.4 is 9.80 Å². The molecule has 5 heterocycles. The van der Waals surface area contributed by atoms with Gasteiger partial charge in [0.05, 0.1) is 5.54 Å². The van der Waals surface area contributed by atoms with E-state index in [4.69, 9.17) is 4.74 Å². The molecule has 3 fully saturated rings. The number of rotatable bonds is 5. The van der Waals surface area contributed by atoms with E-state index in [1.165, 1.54) is 12.1 Å². The van der Waals surface area contributed by atoms with Gasteiger partial charge in [0, 0.05) is 70.5 Å². The molecule has 0 aliphatic carbocycles. The maximum Gasteiger partial charge on any atom is 0.534 e. The van der Waals surface area contributed by atoms with E-state index in [0.717, 1.165) is 0 Å². The number of carbonyl (C=O) groups excluding carboxylic acids is 1. The van der Waals surface area contributed by atoms with Crippen LogP contribution in [-0.2, 0) is 25.2 Å². The number of piperidine rings is 1. The third-order valence-electron chi connectivity index (χ3n) is 9.25. The first-order chi connectivity index (χ1) is 21.6. The van der Waals surface area contributed by atoms with Crippen LogP contribution in [0.3, 0.4) is 0 Å². The Bertz CT molecular complexity index is 1480. The highest BCUT2D eigenvalue weighted by Crippen LogP contribution is 2.43. The summed E-state index contributed by atoms with van der Waals surface area (Å²) in [7, 11) is -4.28. The molecule has 3 saturated heterocycles. The largest absolute Gasteiger partial charge is 0.534 e. The second kappa shape index (κ2) is 12.1. The Morgan fingerprint density at radius 2 is 1.55 bits per heavy atom. The Hall–Kier alpha value is -3.06. The molecule has 0 saturated carbocycles. The van der Waals surface area contributed by atoms with E-state index in [9.17, 15) is 39.6 Å². The van der Waals surface area contributed by atoms with Gasteiger partial charge in [-0.25, -0.2) is 14.8 Å². The molecule has 19 heteroatoms. The summed E-state index contributed by atoms with van der Waals surface area (Å²) in [5.74, 6) is -1.56. The summed E-state index contributed by atoms with van der Waals surface area (Å²) in [6, 6.07) is 1.30. The van der Waals surface area contributed by atoms with Crippen LogP contribution in [0.25, 0.3) is 0 Å². The first-order valence-corrected chi connectivity index (χ1v) is 16.6. The van der Waals surface area contributed by atoms with Crippen molar-refractivity contribution in [2.24, 2.45) is 0 Å². The Labute approximate surface area is 269 Å². The van der Waals surface area contributed by atoms with Gasteiger partial charge in [0.1, 0.15) is 23.0 Å². The number of hydrogen-bond donors (Lipinski definition) is 0. The van der Waals surface area contributed by atoms with Crippen molar-refractivity contribution in [3.8, 4) is 0 Å². The third-order valence-corrected chi connectivity index (χ3v) is 10.2. The average Bonchev–Trinajstić information content (AvgIpc) is 3.24. The lowest BCUT2D eigenvalue weighted by Crippen LogP contribution is -2.68. The van der Waals surface area contributed by atoms with Gasteiger partial charge in [0.25, 0.3) is 0 Å². The number of nitrogens with zero attached hydrogens (tertiary/aromatic N) is 7. The topological polar surface area (TPSA) is 112 Å². The van der Waals surface area contributed by atoms with E-state index >= 15 is 0 Å². The number of likely N-dealkylation sites (N-methyl/N-ethyl adjacent to an activating group) is 1. The van der Waals surface area contributed by atoms with Crippen molar-refractivity contribution in [2.75, 3.05) is 69.2 Å². The molecular weight excluding hydrogens is 660 g/mol. The first kappa shape index (κ1) is 35.3. The van der Waals surface area contributed by atoms with Crippen molar-refractivity contribution in [3.05, 3.63) is 23.7 Å². The molecule has 1 aromatic rings. The van der Waals surface area contributed by atoms with Crippen LogP contribution in [0.4, 0.5) is 42.8 Å². The van der Waals surface area contributed by atoms with Crippen molar-refractivity contribution in [1.29, 1.82) is 0 Å². The highest BCUT2D eigenvalue weighted by atomic mass is 32.2. The van der Waals surface area contributed by atoms with E-state index in [-0.39, 0.29) is 68.0 Å². The van der Waals surface area contributed by atoms with Gasteiger partial charge in [-0.15, -0.1) is 0 Å². The molecule has 0 radical (unpaired) electrons.